The van der Waals surface area contributed by atoms with Gasteiger partial charge in [0.05, 0.1) is 0 Å². The number of nitrogens with zero attached hydrogens (tertiary/aromatic N) is 2. The number of nitrogens with one attached hydrogen (secondary N) is 2. The smallest absolute Gasteiger partial charge is 0.267 e. The number of piperazine rings is 1. The topological polar surface area (TPSA) is 51.4 Å². The van der Waals surface area contributed by atoms with E-state index in [2.05, 4.69) is 57.5 Å². The van der Waals surface area contributed by atoms with Crippen molar-refractivity contribution in [3.63, 3.8) is 0 Å². The summed E-state index contributed by atoms with van der Waals surface area (Å²) in [6.45, 7) is 4.87. The van der Waals surface area contributed by atoms with Crippen molar-refractivity contribution in [2.45, 2.75) is 12.5 Å². The standard InChI is InChI=1S/C23H28N4O/c1-26-14-15-27(22(17-26)18-8-3-2-4-9-18)13-7-12-24-23(28)21-16-19-10-5-6-11-20(19)25-21/h2-6,8-11,16,22,25H,7,12-15,17H2,1H3,(H,24,28)/t22-/m1/s1. The van der Waals surface area contributed by atoms with Crippen LogP contribution >= 0.6 is 0 Å². The molecule has 1 atom stereocenters. The van der Waals surface area contributed by atoms with Crippen LogP contribution in [0.25, 0.3) is 10.9 Å². The minimum Gasteiger partial charge on any atom is -0.351 e. The highest BCUT2D eigenvalue weighted by atomic mass is 16.1. The molecule has 5 heteroatoms. The zero-order chi connectivity index (χ0) is 19.3. The van der Waals surface area contributed by atoms with E-state index in [1.807, 2.05) is 30.3 Å². The molecule has 0 saturated carbocycles. The lowest BCUT2D eigenvalue weighted by atomic mass is 10.0. The number of likely N-dealkylation sites (N-methyl/N-ethyl adjacent to an activating group) is 1. The van der Waals surface area contributed by atoms with Gasteiger partial charge in [-0.25, -0.2) is 0 Å². The van der Waals surface area contributed by atoms with E-state index < -0.39 is 0 Å². The normalized spacial score (nSPS) is 18.4. The molecule has 0 bridgehead atoms. The highest BCUT2D eigenvalue weighted by Gasteiger charge is 2.25. The fraction of sp³-hybridized carbons (Fsp3) is 0.348. The lowest BCUT2D eigenvalue weighted by Crippen LogP contribution is -2.47. The highest BCUT2D eigenvalue weighted by Crippen LogP contribution is 2.24. The summed E-state index contributed by atoms with van der Waals surface area (Å²) in [5.74, 6) is -0.0332. The van der Waals surface area contributed by atoms with Crippen molar-refractivity contribution >= 4 is 16.8 Å². The van der Waals surface area contributed by atoms with Gasteiger partial charge in [0.15, 0.2) is 0 Å². The van der Waals surface area contributed by atoms with E-state index in [1.165, 1.54) is 5.56 Å². The number of hydrogen-bond acceptors (Lipinski definition) is 3. The highest BCUT2D eigenvalue weighted by molar-refractivity contribution is 5.97. The largest absolute Gasteiger partial charge is 0.351 e. The molecule has 1 aliphatic heterocycles. The van der Waals surface area contributed by atoms with Crippen LogP contribution in [0.3, 0.4) is 0 Å². The fourth-order valence-electron chi connectivity index (χ4n) is 3.99. The van der Waals surface area contributed by atoms with Crippen LogP contribution in [0.2, 0.25) is 0 Å². The lowest BCUT2D eigenvalue weighted by Gasteiger charge is -2.40. The third-order valence-electron chi connectivity index (χ3n) is 5.56. The molecule has 3 aromatic rings. The summed E-state index contributed by atoms with van der Waals surface area (Å²) >= 11 is 0. The van der Waals surface area contributed by atoms with E-state index in [0.29, 0.717) is 18.3 Å². The molecular weight excluding hydrogens is 348 g/mol. The van der Waals surface area contributed by atoms with Crippen molar-refractivity contribution in [3.05, 3.63) is 71.9 Å². The molecule has 0 unspecified atom stereocenters. The summed E-state index contributed by atoms with van der Waals surface area (Å²) in [6.07, 6.45) is 0.943. The van der Waals surface area contributed by atoms with E-state index in [0.717, 1.165) is 43.5 Å². The molecule has 0 spiro atoms. The summed E-state index contributed by atoms with van der Waals surface area (Å²) in [6, 6.07) is 21.0. The number of para-hydroxylation sites is 1. The number of benzene rings is 2. The predicted octanol–water partition coefficient (Wildman–Crippen LogP) is 3.28. The van der Waals surface area contributed by atoms with Crippen LogP contribution in [0.4, 0.5) is 0 Å². The van der Waals surface area contributed by atoms with Crippen molar-refractivity contribution in [1.82, 2.24) is 20.1 Å². The molecule has 2 heterocycles. The Labute approximate surface area is 166 Å². The van der Waals surface area contributed by atoms with Gasteiger partial charge < -0.3 is 15.2 Å². The van der Waals surface area contributed by atoms with Crippen LogP contribution in [-0.4, -0.2) is 60.5 Å². The number of carbonyl (C=O) groups excluding carboxylic acids is 1. The Hall–Kier alpha value is -2.63. The number of aromatic nitrogens is 1. The van der Waals surface area contributed by atoms with Gasteiger partial charge >= 0.3 is 0 Å². The van der Waals surface area contributed by atoms with E-state index in [4.69, 9.17) is 0 Å². The van der Waals surface area contributed by atoms with Crippen molar-refractivity contribution in [2.24, 2.45) is 0 Å². The predicted molar refractivity (Wildman–Crippen MR) is 114 cm³/mol. The summed E-state index contributed by atoms with van der Waals surface area (Å²) in [7, 11) is 2.19. The van der Waals surface area contributed by atoms with Crippen LogP contribution in [0, 0.1) is 0 Å². The van der Waals surface area contributed by atoms with E-state index in [-0.39, 0.29) is 5.91 Å². The zero-order valence-electron chi connectivity index (χ0n) is 16.4. The number of fused-ring (bicyclic) bond motifs is 1. The molecule has 0 aliphatic carbocycles. The second-order valence-corrected chi connectivity index (χ2v) is 7.60. The lowest BCUT2D eigenvalue weighted by molar-refractivity contribution is 0.0864. The molecule has 1 fully saturated rings. The van der Waals surface area contributed by atoms with Crippen LogP contribution < -0.4 is 5.32 Å². The molecule has 1 aromatic heterocycles. The van der Waals surface area contributed by atoms with Crippen molar-refractivity contribution in [2.75, 3.05) is 39.8 Å². The summed E-state index contributed by atoms with van der Waals surface area (Å²) < 4.78 is 0. The average Bonchev–Trinajstić information content (AvgIpc) is 3.17. The maximum atomic E-state index is 12.4. The average molecular weight is 377 g/mol. The minimum absolute atomic E-state index is 0.0332. The van der Waals surface area contributed by atoms with E-state index >= 15 is 0 Å². The third-order valence-corrected chi connectivity index (χ3v) is 5.56. The molecule has 1 saturated heterocycles. The maximum absolute atomic E-state index is 12.4. The van der Waals surface area contributed by atoms with E-state index in [1.54, 1.807) is 0 Å². The number of rotatable bonds is 6. The number of H-pyrrole nitrogens is 1. The van der Waals surface area contributed by atoms with Gasteiger partial charge in [0.1, 0.15) is 5.69 Å². The monoisotopic (exact) mass is 376 g/mol. The molecule has 5 nitrogen and oxygen atoms in total. The fourth-order valence-corrected chi connectivity index (χ4v) is 3.99. The Bertz CT molecular complexity index is 888. The number of amides is 1. The molecule has 146 valence electrons. The van der Waals surface area contributed by atoms with Crippen LogP contribution in [0.1, 0.15) is 28.5 Å². The molecule has 4 rings (SSSR count). The van der Waals surface area contributed by atoms with Crippen LogP contribution in [0.15, 0.2) is 60.7 Å². The van der Waals surface area contributed by atoms with Crippen LogP contribution in [0.5, 0.6) is 0 Å². The molecule has 28 heavy (non-hydrogen) atoms. The van der Waals surface area contributed by atoms with E-state index in [9.17, 15) is 4.79 Å². The van der Waals surface area contributed by atoms with Crippen LogP contribution in [-0.2, 0) is 0 Å². The Morgan fingerprint density at radius 1 is 1.11 bits per heavy atom. The molecule has 1 amide bonds. The quantitative estimate of drug-likeness (QED) is 0.649. The van der Waals surface area contributed by atoms with Gasteiger partial charge in [0.25, 0.3) is 5.91 Å². The molecule has 2 N–H and O–H groups in total. The Morgan fingerprint density at radius 2 is 1.89 bits per heavy atom. The number of hydrogen-bond donors (Lipinski definition) is 2. The third kappa shape index (κ3) is 4.26. The van der Waals surface area contributed by atoms with Gasteiger partial charge in [-0.3, -0.25) is 9.69 Å². The Kier molecular flexibility index (Phi) is 5.74. The number of aromatic amines is 1. The van der Waals surface area contributed by atoms with Gasteiger partial charge in [0, 0.05) is 49.7 Å². The zero-order valence-corrected chi connectivity index (χ0v) is 16.4. The van der Waals surface area contributed by atoms with Crippen molar-refractivity contribution in [1.29, 1.82) is 0 Å². The van der Waals surface area contributed by atoms with Gasteiger partial charge in [-0.1, -0.05) is 48.5 Å². The first-order valence-electron chi connectivity index (χ1n) is 10.0. The summed E-state index contributed by atoms with van der Waals surface area (Å²) in [4.78, 5) is 20.6. The first-order chi connectivity index (χ1) is 13.7. The van der Waals surface area contributed by atoms with Gasteiger partial charge in [-0.15, -0.1) is 0 Å². The Balaban J connectivity index is 1.30. The first-order valence-corrected chi connectivity index (χ1v) is 10.0. The molecule has 2 aromatic carbocycles. The summed E-state index contributed by atoms with van der Waals surface area (Å²) in [5.41, 5.74) is 3.00. The second kappa shape index (κ2) is 8.59. The Morgan fingerprint density at radius 3 is 2.71 bits per heavy atom. The SMILES string of the molecule is CN1CCN(CCCNC(=O)c2cc3ccccc3[nH]2)[C@@H](c2ccccc2)C1. The first kappa shape index (κ1) is 18.7. The second-order valence-electron chi connectivity index (χ2n) is 7.60. The van der Waals surface area contributed by atoms with Crippen molar-refractivity contribution < 1.29 is 4.79 Å². The summed E-state index contributed by atoms with van der Waals surface area (Å²) in [5, 5.41) is 4.12. The molecular formula is C23H28N4O. The minimum atomic E-state index is -0.0332. The molecule has 0 radical (unpaired) electrons. The van der Waals surface area contributed by atoms with Crippen molar-refractivity contribution in [3.8, 4) is 0 Å². The van der Waals surface area contributed by atoms with Gasteiger partial charge in [0.2, 0.25) is 0 Å². The van der Waals surface area contributed by atoms with Gasteiger partial charge in [-0.2, -0.15) is 0 Å². The molecule has 1 aliphatic rings. The maximum Gasteiger partial charge on any atom is 0.267 e. The van der Waals surface area contributed by atoms with Gasteiger partial charge in [-0.05, 0) is 31.2 Å². The number of carbonyl (C=O) groups is 1.